The second-order valence-corrected chi connectivity index (χ2v) is 9.89. The molecule has 0 spiro atoms. The van der Waals surface area contributed by atoms with Crippen LogP contribution in [0.25, 0.3) is 0 Å². The average Bonchev–Trinajstić information content (AvgIpc) is 3.24. The lowest BCUT2D eigenvalue weighted by atomic mass is 10.2. The molecule has 2 aromatic carbocycles. The molecular formula is C20H16ClN4O4S3-. The molecule has 0 bridgehead atoms. The zero-order valence-electron chi connectivity index (χ0n) is 16.4. The number of carboxylic acids is 1. The number of ether oxygens (including phenoxy) is 1. The van der Waals surface area contributed by atoms with Crippen molar-refractivity contribution in [3.63, 3.8) is 0 Å². The fourth-order valence-electron chi connectivity index (χ4n) is 2.23. The van der Waals surface area contributed by atoms with E-state index in [9.17, 15) is 14.7 Å². The van der Waals surface area contributed by atoms with Crippen LogP contribution in [0.4, 0.5) is 0 Å². The molecule has 3 aromatic rings. The van der Waals surface area contributed by atoms with Gasteiger partial charge in [-0.2, -0.15) is 5.10 Å². The van der Waals surface area contributed by atoms with Gasteiger partial charge in [0, 0.05) is 16.3 Å². The first kappa shape index (κ1) is 24.1. The number of nitrogens with one attached hydrogen (secondary N) is 1. The summed E-state index contributed by atoms with van der Waals surface area (Å²) < 4.78 is 6.62. The van der Waals surface area contributed by atoms with Gasteiger partial charge in [-0.05, 0) is 29.8 Å². The second-order valence-electron chi connectivity index (χ2n) is 6.03. The first-order valence-electron chi connectivity index (χ1n) is 9.07. The molecule has 8 nitrogen and oxygen atoms in total. The smallest absolute Gasteiger partial charge is 0.250 e. The van der Waals surface area contributed by atoms with Gasteiger partial charge in [-0.15, -0.1) is 10.2 Å². The van der Waals surface area contributed by atoms with Crippen molar-refractivity contribution in [1.82, 2.24) is 15.6 Å². The molecule has 0 saturated heterocycles. The van der Waals surface area contributed by atoms with Gasteiger partial charge in [0.25, 0.3) is 5.91 Å². The van der Waals surface area contributed by atoms with E-state index in [1.54, 1.807) is 36.0 Å². The maximum Gasteiger partial charge on any atom is 0.250 e. The topological polar surface area (TPSA) is 117 Å². The third-order valence-corrected chi connectivity index (χ3v) is 7.16. The number of benzene rings is 2. The van der Waals surface area contributed by atoms with Crippen molar-refractivity contribution in [3.8, 4) is 5.75 Å². The Morgan fingerprint density at radius 3 is 2.59 bits per heavy atom. The summed E-state index contributed by atoms with van der Waals surface area (Å²) in [5.41, 5.74) is 4.07. The molecular weight excluding hydrogens is 492 g/mol. The summed E-state index contributed by atoms with van der Waals surface area (Å²) in [5.74, 6) is -0.451. The lowest BCUT2D eigenvalue weighted by Gasteiger charge is -2.08. The van der Waals surface area contributed by atoms with Crippen molar-refractivity contribution < 1.29 is 19.4 Å². The van der Waals surface area contributed by atoms with Gasteiger partial charge in [-0.25, -0.2) is 5.43 Å². The van der Waals surface area contributed by atoms with Crippen LogP contribution < -0.4 is 15.3 Å². The molecule has 3 rings (SSSR count). The Labute approximate surface area is 201 Å². The molecule has 1 aromatic heterocycles. The lowest BCUT2D eigenvalue weighted by Crippen LogP contribution is -2.29. The number of hydrogen-bond donors (Lipinski definition) is 1. The number of thioether (sulfide) groups is 2. The first-order chi connectivity index (χ1) is 15.5. The van der Waals surface area contributed by atoms with E-state index in [2.05, 4.69) is 20.7 Å². The van der Waals surface area contributed by atoms with Crippen LogP contribution in [-0.4, -0.2) is 40.6 Å². The van der Waals surface area contributed by atoms with Crippen molar-refractivity contribution in [2.45, 2.75) is 14.4 Å². The largest absolute Gasteiger partial charge is 0.546 e. The minimum Gasteiger partial charge on any atom is -0.546 e. The van der Waals surface area contributed by atoms with Crippen molar-refractivity contribution in [2.24, 2.45) is 5.10 Å². The summed E-state index contributed by atoms with van der Waals surface area (Å²) in [5, 5.41) is 23.4. The summed E-state index contributed by atoms with van der Waals surface area (Å²) in [6.45, 7) is -0.574. The van der Waals surface area contributed by atoms with Crippen molar-refractivity contribution >= 4 is 64.6 Å². The van der Waals surface area contributed by atoms with E-state index in [0.717, 1.165) is 15.7 Å². The molecule has 0 saturated carbocycles. The molecule has 0 aliphatic rings. The molecule has 1 amide bonds. The zero-order valence-corrected chi connectivity index (χ0v) is 19.6. The van der Waals surface area contributed by atoms with Crippen LogP contribution in [0.5, 0.6) is 5.75 Å². The number of hydrazone groups is 1. The number of nitrogens with zero attached hydrogens (tertiary/aromatic N) is 3. The third kappa shape index (κ3) is 8.15. The van der Waals surface area contributed by atoms with E-state index >= 15 is 0 Å². The molecule has 0 atom stereocenters. The molecule has 166 valence electrons. The fraction of sp³-hybridized carbons (Fsp3) is 0.150. The highest BCUT2D eigenvalue weighted by Gasteiger charge is 2.09. The summed E-state index contributed by atoms with van der Waals surface area (Å²) in [6.07, 6.45) is 1.38. The highest BCUT2D eigenvalue weighted by Crippen LogP contribution is 2.30. The van der Waals surface area contributed by atoms with Gasteiger partial charge in [0.05, 0.1) is 17.9 Å². The number of para-hydroxylation sites is 1. The van der Waals surface area contributed by atoms with Gasteiger partial charge in [0.2, 0.25) is 0 Å². The molecule has 0 unspecified atom stereocenters. The number of rotatable bonds is 11. The highest BCUT2D eigenvalue weighted by atomic mass is 35.5. The predicted molar refractivity (Wildman–Crippen MR) is 124 cm³/mol. The molecule has 0 aliphatic carbocycles. The molecule has 1 heterocycles. The van der Waals surface area contributed by atoms with E-state index in [0.29, 0.717) is 20.7 Å². The average molecular weight is 508 g/mol. The Morgan fingerprint density at radius 1 is 1.12 bits per heavy atom. The molecule has 32 heavy (non-hydrogen) atoms. The predicted octanol–water partition coefficient (Wildman–Crippen LogP) is 2.85. The molecule has 0 aliphatic heterocycles. The van der Waals surface area contributed by atoms with E-state index in [1.807, 2.05) is 24.3 Å². The number of halogens is 1. The Kier molecular flexibility index (Phi) is 9.35. The minimum absolute atomic E-state index is 0.122. The highest BCUT2D eigenvalue weighted by molar-refractivity contribution is 8.03. The lowest BCUT2D eigenvalue weighted by molar-refractivity contribution is -0.307. The number of carbonyl (C=O) groups is 2. The van der Waals surface area contributed by atoms with Crippen LogP contribution in [0.3, 0.4) is 0 Å². The fourth-order valence-corrected chi connectivity index (χ4v) is 5.12. The third-order valence-electron chi connectivity index (χ3n) is 3.65. The second kappa shape index (κ2) is 12.4. The number of carboxylic acid groups (broad SMARTS) is 1. The number of carbonyl (C=O) groups excluding carboxylic acids is 2. The quantitative estimate of drug-likeness (QED) is 0.239. The van der Waals surface area contributed by atoms with E-state index in [4.69, 9.17) is 16.3 Å². The summed E-state index contributed by atoms with van der Waals surface area (Å²) in [6, 6.07) is 14.3. The minimum atomic E-state index is -1.33. The first-order valence-corrected chi connectivity index (χ1v) is 12.2. The van der Waals surface area contributed by atoms with E-state index in [1.165, 1.54) is 29.3 Å². The van der Waals surface area contributed by atoms with Gasteiger partial charge in [-0.3, -0.25) is 4.79 Å². The number of amides is 1. The zero-order chi connectivity index (χ0) is 22.8. The van der Waals surface area contributed by atoms with Gasteiger partial charge < -0.3 is 14.6 Å². The molecule has 0 fully saturated rings. The van der Waals surface area contributed by atoms with Crippen molar-refractivity contribution in [2.75, 3.05) is 12.4 Å². The van der Waals surface area contributed by atoms with Gasteiger partial charge in [0.15, 0.2) is 8.68 Å². The van der Waals surface area contributed by atoms with E-state index < -0.39 is 12.6 Å². The maximum absolute atomic E-state index is 12.0. The van der Waals surface area contributed by atoms with Crippen molar-refractivity contribution in [1.29, 1.82) is 0 Å². The van der Waals surface area contributed by atoms with Crippen LogP contribution in [0.1, 0.15) is 11.1 Å². The van der Waals surface area contributed by atoms with Gasteiger partial charge in [-0.1, -0.05) is 70.7 Å². The Hall–Kier alpha value is -2.60. The Balaban J connectivity index is 1.42. The molecule has 12 heteroatoms. The monoisotopic (exact) mass is 507 g/mol. The SMILES string of the molecule is O=C([O-])COc1ccccc1/C=N\NC(=O)CSc1nnc(SCc2ccc(Cl)cc2)s1. The Bertz CT molecular complexity index is 1090. The van der Waals surface area contributed by atoms with Crippen LogP contribution in [0.2, 0.25) is 5.02 Å². The number of hydrogen-bond acceptors (Lipinski definition) is 10. The Morgan fingerprint density at radius 2 is 1.84 bits per heavy atom. The molecule has 1 N–H and O–H groups in total. The number of aromatic nitrogens is 2. The van der Waals surface area contributed by atoms with Crippen LogP contribution in [0, 0.1) is 0 Å². The van der Waals surface area contributed by atoms with Crippen LogP contribution in [0.15, 0.2) is 62.3 Å². The van der Waals surface area contributed by atoms with Gasteiger partial charge in [0.1, 0.15) is 12.4 Å². The van der Waals surface area contributed by atoms with Gasteiger partial charge >= 0.3 is 0 Å². The summed E-state index contributed by atoms with van der Waals surface area (Å²) in [7, 11) is 0. The van der Waals surface area contributed by atoms with Crippen molar-refractivity contribution in [3.05, 3.63) is 64.7 Å². The van der Waals surface area contributed by atoms with E-state index in [-0.39, 0.29) is 11.7 Å². The normalized spacial score (nSPS) is 10.9. The summed E-state index contributed by atoms with van der Waals surface area (Å²) >= 11 is 10.1. The number of aliphatic carboxylic acids is 1. The molecule has 0 radical (unpaired) electrons. The standard InChI is InChI=1S/C20H17ClN4O4S3/c21-15-7-5-13(6-8-15)11-30-19-24-25-20(32-19)31-12-17(26)23-22-9-14-3-1-2-4-16(14)29-10-18(27)28/h1-9H,10-12H2,(H,23,26)(H,27,28)/p-1/b22-9-. The van der Waals surface area contributed by atoms with Crippen LogP contribution >= 0.6 is 46.5 Å². The maximum atomic E-state index is 12.0. The van der Waals surface area contributed by atoms with Crippen LogP contribution in [-0.2, 0) is 15.3 Å². The summed E-state index contributed by atoms with van der Waals surface area (Å²) in [4.78, 5) is 22.6.